The second-order valence-corrected chi connectivity index (χ2v) is 9.59. The number of phenolic OH excluding ortho intramolecular Hbond substituents is 1. The maximum atomic E-state index is 10.9. The fourth-order valence-corrected chi connectivity index (χ4v) is 3.56. The van der Waals surface area contributed by atoms with Gasteiger partial charge in [-0.15, -0.1) is 0 Å². The zero-order valence-electron chi connectivity index (χ0n) is 16.8. The molecule has 5 heteroatoms. The fraction of sp³-hybridized carbons (Fsp3) is 0.364. The van der Waals surface area contributed by atoms with E-state index in [9.17, 15) is 5.11 Å². The average Bonchev–Trinajstić information content (AvgIpc) is 3.03. The Morgan fingerprint density at radius 3 is 1.96 bits per heavy atom. The predicted molar refractivity (Wildman–Crippen MR) is 114 cm³/mol. The first-order chi connectivity index (χ1) is 12.6. The monoisotopic (exact) mass is 381 g/mol. The lowest BCUT2D eigenvalue weighted by Crippen LogP contribution is -2.17. The van der Waals surface area contributed by atoms with Gasteiger partial charge in [-0.1, -0.05) is 71.9 Å². The molecule has 4 nitrogen and oxygen atoms in total. The number of hydrogen-bond acceptors (Lipinski definition) is 5. The van der Waals surface area contributed by atoms with Gasteiger partial charge >= 0.3 is 0 Å². The van der Waals surface area contributed by atoms with E-state index in [1.807, 2.05) is 42.5 Å². The number of nitrogens with zero attached hydrogens (tertiary/aromatic N) is 2. The predicted octanol–water partition coefficient (Wildman–Crippen LogP) is 6.25. The normalized spacial score (nSPS) is 12.2. The highest BCUT2D eigenvalue weighted by Crippen LogP contribution is 2.41. The van der Waals surface area contributed by atoms with Gasteiger partial charge < -0.3 is 10.4 Å². The van der Waals surface area contributed by atoms with Crippen molar-refractivity contribution in [3.63, 3.8) is 0 Å². The van der Waals surface area contributed by atoms with Crippen molar-refractivity contribution in [3.05, 3.63) is 53.6 Å². The van der Waals surface area contributed by atoms with Crippen LogP contribution in [-0.2, 0) is 10.8 Å². The molecular weight excluding hydrogens is 354 g/mol. The van der Waals surface area contributed by atoms with Gasteiger partial charge in [0.05, 0.1) is 0 Å². The third-order valence-electron chi connectivity index (χ3n) is 4.44. The van der Waals surface area contributed by atoms with Gasteiger partial charge in [-0.05, 0) is 23.0 Å². The van der Waals surface area contributed by atoms with E-state index in [2.05, 4.69) is 56.2 Å². The van der Waals surface area contributed by atoms with Crippen molar-refractivity contribution >= 4 is 22.4 Å². The van der Waals surface area contributed by atoms with Crippen LogP contribution in [-0.4, -0.2) is 14.5 Å². The van der Waals surface area contributed by atoms with Gasteiger partial charge in [-0.2, -0.15) is 9.36 Å². The van der Waals surface area contributed by atoms with Crippen molar-refractivity contribution in [1.29, 1.82) is 0 Å². The molecule has 0 amide bonds. The second kappa shape index (κ2) is 6.97. The summed E-state index contributed by atoms with van der Waals surface area (Å²) in [6, 6.07) is 14.0. The molecule has 1 aromatic heterocycles. The number of benzene rings is 2. The van der Waals surface area contributed by atoms with E-state index in [0.29, 0.717) is 11.6 Å². The van der Waals surface area contributed by atoms with Gasteiger partial charge in [-0.25, -0.2) is 0 Å². The Bertz CT molecular complexity index is 899. The summed E-state index contributed by atoms with van der Waals surface area (Å²) in [7, 11) is 0. The van der Waals surface area contributed by atoms with Crippen molar-refractivity contribution in [2.75, 3.05) is 5.32 Å². The van der Waals surface area contributed by atoms with Crippen LogP contribution in [0, 0.1) is 0 Å². The molecule has 0 fully saturated rings. The van der Waals surface area contributed by atoms with E-state index in [1.165, 1.54) is 11.5 Å². The summed E-state index contributed by atoms with van der Waals surface area (Å²) in [5, 5.41) is 15.0. The van der Waals surface area contributed by atoms with Crippen LogP contribution in [0.15, 0.2) is 42.5 Å². The fourth-order valence-electron chi connectivity index (χ4n) is 2.95. The minimum Gasteiger partial charge on any atom is -0.507 e. The molecule has 0 atom stereocenters. The molecule has 0 aliphatic rings. The van der Waals surface area contributed by atoms with Crippen LogP contribution in [0.1, 0.15) is 52.7 Å². The number of aromatic nitrogens is 2. The molecule has 27 heavy (non-hydrogen) atoms. The first kappa shape index (κ1) is 19.4. The summed E-state index contributed by atoms with van der Waals surface area (Å²) in [6.45, 7) is 12.6. The van der Waals surface area contributed by atoms with Gasteiger partial charge in [0, 0.05) is 33.9 Å². The van der Waals surface area contributed by atoms with Crippen LogP contribution >= 0.6 is 11.5 Å². The molecule has 0 bridgehead atoms. The van der Waals surface area contributed by atoms with Gasteiger partial charge in [0.15, 0.2) is 5.82 Å². The molecule has 0 saturated heterocycles. The summed E-state index contributed by atoms with van der Waals surface area (Å²) in [4.78, 5) is 4.62. The zero-order valence-corrected chi connectivity index (χ0v) is 17.6. The highest BCUT2D eigenvalue weighted by atomic mass is 32.1. The Balaban J connectivity index is 1.99. The lowest BCUT2D eigenvalue weighted by Gasteiger charge is -2.28. The lowest BCUT2D eigenvalue weighted by molar-refractivity contribution is 0.423. The molecule has 0 radical (unpaired) electrons. The molecule has 0 aliphatic heterocycles. The van der Waals surface area contributed by atoms with Crippen LogP contribution in [0.3, 0.4) is 0 Å². The third kappa shape index (κ3) is 4.30. The SMILES string of the molecule is CC(C)(C)c1cc(Nc2nc(-c3ccccc3)ns2)cc(C(C)(C)C)c1O. The summed E-state index contributed by atoms with van der Waals surface area (Å²) in [6.07, 6.45) is 0. The van der Waals surface area contributed by atoms with E-state index in [0.717, 1.165) is 27.5 Å². The molecule has 0 saturated carbocycles. The van der Waals surface area contributed by atoms with Gasteiger partial charge in [0.2, 0.25) is 5.13 Å². The lowest BCUT2D eigenvalue weighted by atomic mass is 9.79. The topological polar surface area (TPSA) is 58.0 Å². The standard InChI is InChI=1S/C22H27N3OS/c1-21(2,3)16-12-15(13-17(18(16)26)22(4,5)6)23-20-24-19(25-27-20)14-10-8-7-9-11-14/h7-13,26H,1-6H3,(H,23,24,25). The average molecular weight is 382 g/mol. The van der Waals surface area contributed by atoms with E-state index in [1.54, 1.807) is 0 Å². The number of phenols is 1. The van der Waals surface area contributed by atoms with Gasteiger partial charge in [0.25, 0.3) is 0 Å². The Morgan fingerprint density at radius 1 is 0.889 bits per heavy atom. The van der Waals surface area contributed by atoms with Gasteiger partial charge in [0.1, 0.15) is 5.75 Å². The molecule has 3 rings (SSSR count). The highest BCUT2D eigenvalue weighted by molar-refractivity contribution is 7.09. The zero-order chi connectivity index (χ0) is 19.8. The van der Waals surface area contributed by atoms with Crippen molar-refractivity contribution in [2.24, 2.45) is 0 Å². The van der Waals surface area contributed by atoms with E-state index in [4.69, 9.17) is 0 Å². The van der Waals surface area contributed by atoms with Gasteiger partial charge in [-0.3, -0.25) is 0 Å². The highest BCUT2D eigenvalue weighted by Gasteiger charge is 2.26. The molecule has 2 N–H and O–H groups in total. The van der Waals surface area contributed by atoms with Crippen molar-refractivity contribution in [2.45, 2.75) is 52.4 Å². The maximum Gasteiger partial charge on any atom is 0.207 e. The van der Waals surface area contributed by atoms with E-state index >= 15 is 0 Å². The smallest absolute Gasteiger partial charge is 0.207 e. The molecule has 0 spiro atoms. The third-order valence-corrected chi connectivity index (χ3v) is 5.07. The Kier molecular flexibility index (Phi) is 5.00. The van der Waals surface area contributed by atoms with Crippen LogP contribution in [0.2, 0.25) is 0 Å². The molecule has 0 unspecified atom stereocenters. The van der Waals surface area contributed by atoms with Crippen LogP contribution in [0.5, 0.6) is 5.75 Å². The molecule has 142 valence electrons. The molecule has 0 aliphatic carbocycles. The minimum atomic E-state index is -0.169. The van der Waals surface area contributed by atoms with Crippen LogP contribution in [0.4, 0.5) is 10.8 Å². The Morgan fingerprint density at radius 2 is 1.44 bits per heavy atom. The number of anilines is 2. The molecule has 2 aromatic carbocycles. The molecule has 3 aromatic rings. The minimum absolute atomic E-state index is 0.169. The second-order valence-electron chi connectivity index (χ2n) is 8.83. The van der Waals surface area contributed by atoms with Crippen LogP contribution in [0.25, 0.3) is 11.4 Å². The summed E-state index contributed by atoms with van der Waals surface area (Å²) in [5.41, 5.74) is 3.42. The summed E-state index contributed by atoms with van der Waals surface area (Å²) < 4.78 is 4.46. The molecular formula is C22H27N3OS. The van der Waals surface area contributed by atoms with Crippen molar-refractivity contribution in [1.82, 2.24) is 9.36 Å². The first-order valence-electron chi connectivity index (χ1n) is 9.10. The Labute approximate surface area is 165 Å². The van der Waals surface area contributed by atoms with Crippen LogP contribution < -0.4 is 5.32 Å². The van der Waals surface area contributed by atoms with Crippen molar-refractivity contribution < 1.29 is 5.11 Å². The first-order valence-corrected chi connectivity index (χ1v) is 9.87. The Hall–Kier alpha value is -2.40. The number of nitrogens with one attached hydrogen (secondary N) is 1. The maximum absolute atomic E-state index is 10.9. The molecule has 1 heterocycles. The number of hydrogen-bond donors (Lipinski definition) is 2. The summed E-state index contributed by atoms with van der Waals surface area (Å²) >= 11 is 1.34. The summed E-state index contributed by atoms with van der Waals surface area (Å²) in [5.74, 6) is 1.09. The number of aromatic hydroxyl groups is 1. The van der Waals surface area contributed by atoms with E-state index in [-0.39, 0.29) is 10.8 Å². The van der Waals surface area contributed by atoms with E-state index < -0.39 is 0 Å². The van der Waals surface area contributed by atoms with Crippen molar-refractivity contribution in [3.8, 4) is 17.1 Å². The largest absolute Gasteiger partial charge is 0.507 e. The number of rotatable bonds is 3. The quantitative estimate of drug-likeness (QED) is 0.527.